The minimum Gasteiger partial charge on any atom is -0.504 e. The molecule has 1 amide bonds. The first-order chi connectivity index (χ1) is 18.3. The zero-order valence-electron chi connectivity index (χ0n) is 21.8. The number of amides is 1. The molecule has 7 heteroatoms. The zero-order chi connectivity index (χ0) is 26.6. The number of rotatable bonds is 4. The number of carbonyl (C=O) groups excluding carboxylic acids is 2. The number of aromatic hydroxyl groups is 1. The number of hydrogen-bond acceptors (Lipinski definition) is 6. The largest absolute Gasteiger partial charge is 0.504 e. The van der Waals surface area contributed by atoms with E-state index in [1.165, 1.54) is 12.5 Å². The van der Waals surface area contributed by atoms with Gasteiger partial charge in [0, 0.05) is 42.5 Å². The Balaban J connectivity index is 1.33. The number of likely N-dealkylation sites (tertiary alicyclic amines) is 1. The van der Waals surface area contributed by atoms with Crippen LogP contribution in [0.2, 0.25) is 0 Å². The number of nitrogens with zero attached hydrogens (tertiary/aromatic N) is 2. The summed E-state index contributed by atoms with van der Waals surface area (Å²) in [5.74, 6) is 6.70. The standard InChI is InChI=1S/C31H32N2O5/c1-19(37-20(2)34)18-33-16-15-31-23-11-12-24(32(3)27(36)14-9-21-7-5-4-6-8-21)30(31)38-29-26(35)13-10-22(28(29)31)17-25(23)33/h4-8,10,13,23-25,30,35H,1,11-12,15-18H2,2-3H3/t23-,24-,25+,30-,31-/m0/s1. The Labute approximate surface area is 223 Å². The molecular weight excluding hydrogens is 480 g/mol. The lowest BCUT2D eigenvalue weighted by atomic mass is 9.51. The van der Waals surface area contributed by atoms with Crippen molar-refractivity contribution in [3.63, 3.8) is 0 Å². The van der Waals surface area contributed by atoms with Crippen molar-refractivity contribution in [2.24, 2.45) is 5.92 Å². The highest BCUT2D eigenvalue weighted by Crippen LogP contribution is 2.64. The molecular formula is C31H32N2O5. The number of carbonyl (C=O) groups is 2. The smallest absolute Gasteiger partial charge is 0.307 e. The van der Waals surface area contributed by atoms with E-state index in [9.17, 15) is 14.7 Å². The van der Waals surface area contributed by atoms with Crippen molar-refractivity contribution in [1.29, 1.82) is 0 Å². The van der Waals surface area contributed by atoms with Gasteiger partial charge in [-0.3, -0.25) is 14.5 Å². The molecule has 7 nitrogen and oxygen atoms in total. The molecule has 0 aromatic heterocycles. The molecule has 2 bridgehead atoms. The van der Waals surface area contributed by atoms with Crippen molar-refractivity contribution in [1.82, 2.24) is 9.80 Å². The predicted octanol–water partition coefficient (Wildman–Crippen LogP) is 3.39. The van der Waals surface area contributed by atoms with E-state index >= 15 is 0 Å². The van der Waals surface area contributed by atoms with Crippen LogP contribution in [0.25, 0.3) is 0 Å². The zero-order valence-corrected chi connectivity index (χ0v) is 21.8. The van der Waals surface area contributed by atoms with Crippen LogP contribution >= 0.6 is 0 Å². The van der Waals surface area contributed by atoms with Gasteiger partial charge in [0.05, 0.1) is 12.6 Å². The fourth-order valence-electron chi connectivity index (χ4n) is 7.54. The van der Waals surface area contributed by atoms with Gasteiger partial charge in [0.25, 0.3) is 5.91 Å². The second kappa shape index (κ2) is 9.21. The number of likely N-dealkylation sites (N-methyl/N-ethyl adjacent to an activating group) is 1. The van der Waals surface area contributed by atoms with Gasteiger partial charge < -0.3 is 19.5 Å². The lowest BCUT2D eigenvalue weighted by Gasteiger charge is -2.60. The number of phenolic OH excluding ortho intramolecular Hbond substituents is 1. The number of ether oxygens (including phenoxy) is 2. The molecule has 38 heavy (non-hydrogen) atoms. The van der Waals surface area contributed by atoms with E-state index in [0.29, 0.717) is 18.1 Å². The van der Waals surface area contributed by atoms with Gasteiger partial charge >= 0.3 is 5.97 Å². The van der Waals surface area contributed by atoms with E-state index in [0.717, 1.165) is 43.4 Å². The van der Waals surface area contributed by atoms with Gasteiger partial charge in [0.1, 0.15) is 11.9 Å². The highest BCUT2D eigenvalue weighted by atomic mass is 16.5. The molecule has 6 rings (SSSR count). The van der Waals surface area contributed by atoms with Crippen LogP contribution in [0.1, 0.15) is 42.9 Å². The van der Waals surface area contributed by atoms with E-state index in [4.69, 9.17) is 9.47 Å². The number of hydrogen-bond donors (Lipinski definition) is 1. The fraction of sp³-hybridized carbons (Fsp3) is 0.419. The molecule has 2 aromatic rings. The van der Waals surface area contributed by atoms with Crippen LogP contribution < -0.4 is 4.74 Å². The Morgan fingerprint density at radius 2 is 2.03 bits per heavy atom. The lowest BCUT2D eigenvalue weighted by molar-refractivity contribution is -0.139. The van der Waals surface area contributed by atoms with E-state index in [-0.39, 0.29) is 47.1 Å². The van der Waals surface area contributed by atoms with E-state index < -0.39 is 0 Å². The topological polar surface area (TPSA) is 79.3 Å². The molecule has 4 aliphatic rings. The molecule has 196 valence electrons. The molecule has 2 aliphatic carbocycles. The summed E-state index contributed by atoms with van der Waals surface area (Å²) < 4.78 is 11.9. The predicted molar refractivity (Wildman–Crippen MR) is 141 cm³/mol. The maximum absolute atomic E-state index is 13.2. The molecule has 1 spiro atoms. The average Bonchev–Trinajstić information content (AvgIpc) is 3.25. The summed E-state index contributed by atoms with van der Waals surface area (Å²) in [6.45, 7) is 6.65. The molecule has 2 aliphatic heterocycles. The van der Waals surface area contributed by atoms with Gasteiger partial charge in [0.2, 0.25) is 0 Å². The third kappa shape index (κ3) is 3.78. The summed E-state index contributed by atoms with van der Waals surface area (Å²) in [4.78, 5) is 28.8. The van der Waals surface area contributed by atoms with E-state index in [1.807, 2.05) is 43.4 Å². The van der Waals surface area contributed by atoms with Crippen LogP contribution in [-0.4, -0.2) is 65.1 Å². The van der Waals surface area contributed by atoms with Crippen molar-refractivity contribution in [2.45, 2.75) is 56.2 Å². The lowest BCUT2D eigenvalue weighted by Crippen LogP contribution is -2.69. The van der Waals surface area contributed by atoms with Gasteiger partial charge in [-0.1, -0.05) is 36.8 Å². The first kappa shape index (κ1) is 24.6. The highest BCUT2D eigenvalue weighted by molar-refractivity contribution is 5.94. The summed E-state index contributed by atoms with van der Waals surface area (Å²) in [5, 5.41) is 10.8. The van der Waals surface area contributed by atoms with Gasteiger partial charge in [-0.15, -0.1) is 0 Å². The molecule has 2 aromatic carbocycles. The summed E-state index contributed by atoms with van der Waals surface area (Å²) >= 11 is 0. The second-order valence-corrected chi connectivity index (χ2v) is 10.9. The molecule has 0 unspecified atom stereocenters. The van der Waals surface area contributed by atoms with Crippen molar-refractivity contribution >= 4 is 11.9 Å². The van der Waals surface area contributed by atoms with Gasteiger partial charge in [0.15, 0.2) is 11.5 Å². The number of esters is 1. The molecule has 5 atom stereocenters. The van der Waals surface area contributed by atoms with E-state index in [2.05, 4.69) is 23.3 Å². The first-order valence-electron chi connectivity index (χ1n) is 13.3. The SMILES string of the molecule is C=C(CN1CC[C@]23c4c5ccc(O)c4O[C@H]2[C@@H](N(C)C(=O)C#Cc2ccccc2)CC[C@H]3[C@H]1C5)OC(C)=O. The third-order valence-electron chi connectivity index (χ3n) is 8.97. The monoisotopic (exact) mass is 512 g/mol. The molecule has 1 N–H and O–H groups in total. The van der Waals surface area contributed by atoms with Crippen LogP contribution in [-0.2, 0) is 26.2 Å². The van der Waals surface area contributed by atoms with Crippen molar-refractivity contribution in [3.05, 3.63) is 71.5 Å². The molecule has 0 radical (unpaired) electrons. The number of piperidine rings is 1. The van der Waals surface area contributed by atoms with Crippen LogP contribution in [0.5, 0.6) is 11.5 Å². The van der Waals surface area contributed by atoms with Crippen molar-refractivity contribution < 1.29 is 24.2 Å². The quantitative estimate of drug-likeness (QED) is 0.385. The third-order valence-corrected chi connectivity index (χ3v) is 8.97. The highest BCUT2D eigenvalue weighted by Gasteiger charge is 2.66. The Morgan fingerprint density at radius 3 is 2.79 bits per heavy atom. The summed E-state index contributed by atoms with van der Waals surface area (Å²) in [5.41, 5.74) is 2.81. The Hall–Kier alpha value is -3.76. The van der Waals surface area contributed by atoms with E-state index in [1.54, 1.807) is 11.0 Å². The second-order valence-electron chi connectivity index (χ2n) is 10.9. The summed E-state index contributed by atoms with van der Waals surface area (Å²) in [6.07, 6.45) is 3.09. The number of benzene rings is 2. The minimum atomic E-state index is -0.356. The van der Waals surface area contributed by atoms with Gasteiger partial charge in [-0.2, -0.15) is 0 Å². The van der Waals surface area contributed by atoms with Crippen LogP contribution in [0.4, 0.5) is 0 Å². The fourth-order valence-corrected chi connectivity index (χ4v) is 7.54. The Bertz CT molecular complexity index is 1380. The van der Waals surface area contributed by atoms with Crippen molar-refractivity contribution in [2.75, 3.05) is 20.1 Å². The van der Waals surface area contributed by atoms with Crippen molar-refractivity contribution in [3.8, 4) is 23.3 Å². The van der Waals surface area contributed by atoms with Gasteiger partial charge in [-0.05, 0) is 61.9 Å². The molecule has 1 saturated heterocycles. The van der Waals surface area contributed by atoms with Crippen LogP contribution in [0.3, 0.4) is 0 Å². The molecule has 1 saturated carbocycles. The first-order valence-corrected chi connectivity index (χ1v) is 13.3. The summed E-state index contributed by atoms with van der Waals surface area (Å²) in [7, 11) is 1.81. The Morgan fingerprint density at radius 1 is 1.24 bits per heavy atom. The maximum atomic E-state index is 13.2. The van der Waals surface area contributed by atoms with Crippen LogP contribution in [0, 0.1) is 17.8 Å². The molecule has 2 fully saturated rings. The van der Waals surface area contributed by atoms with Crippen LogP contribution in [0.15, 0.2) is 54.8 Å². The van der Waals surface area contributed by atoms with Gasteiger partial charge in [-0.25, -0.2) is 0 Å². The Kier molecular flexibility index (Phi) is 5.96. The number of phenols is 1. The minimum absolute atomic E-state index is 0.159. The molecule has 2 heterocycles. The normalized spacial score (nSPS) is 28.3. The average molecular weight is 513 g/mol. The summed E-state index contributed by atoms with van der Waals surface area (Å²) in [6, 6.07) is 13.3. The maximum Gasteiger partial charge on any atom is 0.307 e.